The van der Waals surface area contributed by atoms with Crippen LogP contribution in [0.3, 0.4) is 0 Å². The van der Waals surface area contributed by atoms with Crippen LogP contribution in [0.5, 0.6) is 0 Å². The summed E-state index contributed by atoms with van der Waals surface area (Å²) in [5.74, 6) is -0.0371. The van der Waals surface area contributed by atoms with Crippen LogP contribution >= 0.6 is 12.4 Å². The molecule has 0 radical (unpaired) electrons. The van der Waals surface area contributed by atoms with Gasteiger partial charge in [0, 0.05) is 18.8 Å². The van der Waals surface area contributed by atoms with Crippen molar-refractivity contribution in [2.45, 2.75) is 18.9 Å². The smallest absolute Gasteiger partial charge is 0.255 e. The molecule has 1 saturated heterocycles. The Morgan fingerprint density at radius 3 is 3.16 bits per heavy atom. The first kappa shape index (κ1) is 13.8. The fraction of sp³-hybridized carbons (Fsp3) is 0.385. The summed E-state index contributed by atoms with van der Waals surface area (Å²) in [4.78, 5) is 12.2. The minimum Gasteiger partial charge on any atom is -0.348 e. The lowest BCUT2D eigenvalue weighted by Crippen LogP contribution is -2.45. The molecule has 0 aliphatic carbocycles. The van der Waals surface area contributed by atoms with Crippen molar-refractivity contribution in [3.05, 3.63) is 36.2 Å². The van der Waals surface area contributed by atoms with Crippen molar-refractivity contribution in [3.63, 3.8) is 0 Å². The molecule has 1 atom stereocenters. The number of halogens is 1. The van der Waals surface area contributed by atoms with E-state index < -0.39 is 0 Å². The summed E-state index contributed by atoms with van der Waals surface area (Å²) in [6.45, 7) is 1.90. The van der Waals surface area contributed by atoms with E-state index in [9.17, 15) is 4.79 Å². The van der Waals surface area contributed by atoms with Gasteiger partial charge in [0.2, 0.25) is 0 Å². The van der Waals surface area contributed by atoms with E-state index in [1.165, 1.54) is 0 Å². The van der Waals surface area contributed by atoms with Crippen LogP contribution in [-0.2, 0) is 0 Å². The second kappa shape index (κ2) is 6.04. The first-order valence-corrected chi connectivity index (χ1v) is 6.28. The van der Waals surface area contributed by atoms with E-state index in [0.717, 1.165) is 31.4 Å². The second-order valence-corrected chi connectivity index (χ2v) is 4.61. The molecule has 2 N–H and O–H groups in total. The van der Waals surface area contributed by atoms with Gasteiger partial charge in [-0.3, -0.25) is 4.79 Å². The minimum atomic E-state index is -0.0371. The van der Waals surface area contributed by atoms with Crippen LogP contribution in [-0.4, -0.2) is 34.7 Å². The van der Waals surface area contributed by atoms with E-state index >= 15 is 0 Å². The molecular weight excluding hydrogens is 264 g/mol. The SMILES string of the molecule is Cl.O=C(N[C@H]1CCCNC1)c1cnn2ccccc12. The maximum absolute atomic E-state index is 12.2. The predicted octanol–water partition coefficient (Wildman–Crippen LogP) is 1.24. The Kier molecular flexibility index (Phi) is 4.39. The van der Waals surface area contributed by atoms with Gasteiger partial charge in [-0.15, -0.1) is 12.4 Å². The van der Waals surface area contributed by atoms with Crippen LogP contribution in [0.25, 0.3) is 5.52 Å². The molecule has 0 saturated carbocycles. The molecule has 1 fully saturated rings. The van der Waals surface area contributed by atoms with E-state index in [2.05, 4.69) is 15.7 Å². The highest BCUT2D eigenvalue weighted by molar-refractivity contribution is 6.00. The van der Waals surface area contributed by atoms with E-state index in [4.69, 9.17) is 0 Å². The van der Waals surface area contributed by atoms with Crippen molar-refractivity contribution in [3.8, 4) is 0 Å². The predicted molar refractivity (Wildman–Crippen MR) is 75.8 cm³/mol. The fourth-order valence-electron chi connectivity index (χ4n) is 2.35. The van der Waals surface area contributed by atoms with E-state index in [1.807, 2.05) is 24.4 Å². The Bertz CT molecular complexity index is 563. The minimum absolute atomic E-state index is 0. The number of hydrogen-bond donors (Lipinski definition) is 2. The number of pyridine rings is 1. The Morgan fingerprint density at radius 2 is 2.37 bits per heavy atom. The Morgan fingerprint density at radius 1 is 1.47 bits per heavy atom. The summed E-state index contributed by atoms with van der Waals surface area (Å²) < 4.78 is 1.72. The third kappa shape index (κ3) is 2.88. The molecule has 19 heavy (non-hydrogen) atoms. The van der Waals surface area contributed by atoms with Gasteiger partial charge in [0.15, 0.2) is 0 Å². The molecule has 2 aromatic heterocycles. The highest BCUT2D eigenvalue weighted by atomic mass is 35.5. The molecule has 1 amide bonds. The molecular formula is C13H17ClN4O. The molecule has 0 spiro atoms. The van der Waals surface area contributed by atoms with Gasteiger partial charge in [0.1, 0.15) is 0 Å². The summed E-state index contributed by atoms with van der Waals surface area (Å²) >= 11 is 0. The lowest BCUT2D eigenvalue weighted by atomic mass is 10.1. The van der Waals surface area contributed by atoms with Crippen LogP contribution in [0.1, 0.15) is 23.2 Å². The van der Waals surface area contributed by atoms with Gasteiger partial charge in [0.05, 0.1) is 17.3 Å². The van der Waals surface area contributed by atoms with Crippen molar-refractivity contribution >= 4 is 23.8 Å². The van der Waals surface area contributed by atoms with Crippen LogP contribution < -0.4 is 10.6 Å². The molecule has 3 rings (SSSR count). The maximum atomic E-state index is 12.2. The maximum Gasteiger partial charge on any atom is 0.255 e. The van der Waals surface area contributed by atoms with Gasteiger partial charge in [-0.2, -0.15) is 5.10 Å². The van der Waals surface area contributed by atoms with E-state index in [0.29, 0.717) is 5.56 Å². The average Bonchev–Trinajstić information content (AvgIpc) is 2.84. The first-order valence-electron chi connectivity index (χ1n) is 6.28. The summed E-state index contributed by atoms with van der Waals surface area (Å²) in [5, 5.41) is 10.5. The van der Waals surface area contributed by atoms with Gasteiger partial charge < -0.3 is 10.6 Å². The van der Waals surface area contributed by atoms with Gasteiger partial charge in [-0.1, -0.05) is 6.07 Å². The molecule has 3 heterocycles. The first-order chi connectivity index (χ1) is 8.84. The molecule has 0 unspecified atom stereocenters. The number of fused-ring (bicyclic) bond motifs is 1. The number of amides is 1. The fourth-order valence-corrected chi connectivity index (χ4v) is 2.35. The Balaban J connectivity index is 0.00000133. The monoisotopic (exact) mass is 280 g/mol. The van der Waals surface area contributed by atoms with Crippen molar-refractivity contribution in [2.24, 2.45) is 0 Å². The Labute approximate surface area is 117 Å². The van der Waals surface area contributed by atoms with Crippen LogP contribution in [0.15, 0.2) is 30.6 Å². The highest BCUT2D eigenvalue weighted by Gasteiger charge is 2.18. The van der Waals surface area contributed by atoms with Crippen LogP contribution in [0.2, 0.25) is 0 Å². The molecule has 0 bridgehead atoms. The van der Waals surface area contributed by atoms with Crippen molar-refractivity contribution in [1.29, 1.82) is 0 Å². The zero-order valence-electron chi connectivity index (χ0n) is 10.5. The van der Waals surface area contributed by atoms with Crippen molar-refractivity contribution in [1.82, 2.24) is 20.2 Å². The molecule has 0 aromatic carbocycles. The number of hydrogen-bond acceptors (Lipinski definition) is 3. The van der Waals surface area contributed by atoms with Gasteiger partial charge in [0.25, 0.3) is 5.91 Å². The number of aromatic nitrogens is 2. The standard InChI is InChI=1S/C13H16N4O.ClH/c18-13(16-10-4-3-6-14-8-10)11-9-15-17-7-2-1-5-12(11)17;/h1-2,5,7,9-10,14H,3-4,6,8H2,(H,16,18);1H/t10-;/m0./s1. The number of carbonyl (C=O) groups excluding carboxylic acids is 1. The van der Waals surface area contributed by atoms with Gasteiger partial charge in [-0.05, 0) is 31.5 Å². The van der Waals surface area contributed by atoms with Crippen LogP contribution in [0.4, 0.5) is 0 Å². The summed E-state index contributed by atoms with van der Waals surface area (Å²) in [6.07, 6.45) is 5.62. The van der Waals surface area contributed by atoms with Gasteiger partial charge in [-0.25, -0.2) is 4.52 Å². The molecule has 2 aromatic rings. The summed E-state index contributed by atoms with van der Waals surface area (Å²) in [6, 6.07) is 5.94. The quantitative estimate of drug-likeness (QED) is 0.870. The molecule has 1 aliphatic heterocycles. The largest absolute Gasteiger partial charge is 0.348 e. The summed E-state index contributed by atoms with van der Waals surface area (Å²) in [7, 11) is 0. The molecule has 6 heteroatoms. The third-order valence-corrected chi connectivity index (χ3v) is 3.30. The summed E-state index contributed by atoms with van der Waals surface area (Å²) in [5.41, 5.74) is 1.49. The molecule has 102 valence electrons. The molecule has 5 nitrogen and oxygen atoms in total. The lowest BCUT2D eigenvalue weighted by molar-refractivity contribution is 0.0932. The Hall–Kier alpha value is -1.59. The topological polar surface area (TPSA) is 58.4 Å². The number of piperidine rings is 1. The van der Waals surface area contributed by atoms with Crippen LogP contribution in [0, 0.1) is 0 Å². The zero-order chi connectivity index (χ0) is 12.4. The highest BCUT2D eigenvalue weighted by Crippen LogP contribution is 2.11. The number of nitrogens with one attached hydrogen (secondary N) is 2. The van der Waals surface area contributed by atoms with E-state index in [1.54, 1.807) is 10.7 Å². The van der Waals surface area contributed by atoms with Crippen molar-refractivity contribution < 1.29 is 4.79 Å². The zero-order valence-corrected chi connectivity index (χ0v) is 11.3. The normalized spacial score (nSPS) is 18.8. The number of carbonyl (C=O) groups is 1. The third-order valence-electron chi connectivity index (χ3n) is 3.30. The average molecular weight is 281 g/mol. The molecule has 1 aliphatic rings. The van der Waals surface area contributed by atoms with Crippen molar-refractivity contribution in [2.75, 3.05) is 13.1 Å². The second-order valence-electron chi connectivity index (χ2n) is 4.61. The number of nitrogens with zero attached hydrogens (tertiary/aromatic N) is 2. The van der Waals surface area contributed by atoms with E-state index in [-0.39, 0.29) is 24.4 Å². The number of rotatable bonds is 2. The van der Waals surface area contributed by atoms with Gasteiger partial charge >= 0.3 is 0 Å². The lowest BCUT2D eigenvalue weighted by Gasteiger charge is -2.23.